The average Bonchev–Trinajstić information content (AvgIpc) is 2.49. The van der Waals surface area contributed by atoms with Crippen LogP contribution in [0.4, 0.5) is 17.2 Å². The van der Waals surface area contributed by atoms with Gasteiger partial charge < -0.3 is 5.32 Å². The SMILES string of the molecule is Cc1ccc(Nc2ncnc3ccc([N+](=O)[O-])cc23)c(C)c1. The summed E-state index contributed by atoms with van der Waals surface area (Å²) in [5.74, 6) is 0.556. The average molecular weight is 294 g/mol. The smallest absolute Gasteiger partial charge is 0.270 e. The van der Waals surface area contributed by atoms with Crippen LogP contribution >= 0.6 is 0 Å². The molecule has 2 aromatic carbocycles. The van der Waals surface area contributed by atoms with Gasteiger partial charge in [0.15, 0.2) is 0 Å². The molecule has 0 amide bonds. The molecule has 6 heteroatoms. The first kappa shape index (κ1) is 13.9. The minimum atomic E-state index is -0.423. The van der Waals surface area contributed by atoms with E-state index in [-0.39, 0.29) is 5.69 Å². The molecule has 0 fully saturated rings. The number of non-ortho nitro benzene ring substituents is 1. The third-order valence-corrected chi connectivity index (χ3v) is 3.46. The summed E-state index contributed by atoms with van der Waals surface area (Å²) in [6, 6.07) is 10.6. The zero-order chi connectivity index (χ0) is 15.7. The van der Waals surface area contributed by atoms with E-state index < -0.39 is 4.92 Å². The van der Waals surface area contributed by atoms with Crippen LogP contribution in [0.5, 0.6) is 0 Å². The van der Waals surface area contributed by atoms with Crippen LogP contribution in [0, 0.1) is 24.0 Å². The number of benzene rings is 2. The normalized spacial score (nSPS) is 10.6. The summed E-state index contributed by atoms with van der Waals surface area (Å²) < 4.78 is 0. The highest BCUT2D eigenvalue weighted by molar-refractivity contribution is 5.92. The number of aromatic nitrogens is 2. The van der Waals surface area contributed by atoms with Crippen molar-refractivity contribution in [1.29, 1.82) is 0 Å². The number of hydrogen-bond acceptors (Lipinski definition) is 5. The molecule has 0 radical (unpaired) electrons. The van der Waals surface area contributed by atoms with Crippen molar-refractivity contribution in [3.05, 3.63) is 64.0 Å². The quantitative estimate of drug-likeness (QED) is 0.585. The van der Waals surface area contributed by atoms with Gasteiger partial charge in [-0.05, 0) is 31.5 Å². The predicted molar refractivity (Wildman–Crippen MR) is 85.4 cm³/mol. The minimum absolute atomic E-state index is 0.0194. The summed E-state index contributed by atoms with van der Waals surface area (Å²) in [5, 5.41) is 14.8. The second-order valence-corrected chi connectivity index (χ2v) is 5.12. The number of nitro groups is 1. The van der Waals surface area contributed by atoms with Crippen molar-refractivity contribution in [2.24, 2.45) is 0 Å². The van der Waals surface area contributed by atoms with Gasteiger partial charge in [0.25, 0.3) is 5.69 Å². The van der Waals surface area contributed by atoms with Crippen LogP contribution in [-0.2, 0) is 0 Å². The lowest BCUT2D eigenvalue weighted by molar-refractivity contribution is -0.384. The highest BCUT2D eigenvalue weighted by atomic mass is 16.6. The van der Waals surface area contributed by atoms with Gasteiger partial charge >= 0.3 is 0 Å². The Kier molecular flexibility index (Phi) is 3.42. The number of nitrogens with one attached hydrogen (secondary N) is 1. The first-order chi connectivity index (χ1) is 10.5. The summed E-state index contributed by atoms with van der Waals surface area (Å²) >= 11 is 0. The van der Waals surface area contributed by atoms with Crippen molar-refractivity contribution in [2.75, 3.05) is 5.32 Å². The van der Waals surface area contributed by atoms with Gasteiger partial charge in [-0.1, -0.05) is 17.7 Å². The molecule has 0 aliphatic heterocycles. The predicted octanol–water partition coefficient (Wildman–Crippen LogP) is 3.90. The molecule has 1 heterocycles. The fourth-order valence-corrected chi connectivity index (χ4v) is 2.34. The minimum Gasteiger partial charge on any atom is -0.339 e. The third kappa shape index (κ3) is 2.58. The summed E-state index contributed by atoms with van der Waals surface area (Å²) in [7, 11) is 0. The van der Waals surface area contributed by atoms with Crippen LogP contribution < -0.4 is 5.32 Å². The van der Waals surface area contributed by atoms with Crippen molar-refractivity contribution in [2.45, 2.75) is 13.8 Å². The molecule has 3 rings (SSSR count). The lowest BCUT2D eigenvalue weighted by Gasteiger charge is -2.11. The van der Waals surface area contributed by atoms with Gasteiger partial charge in [-0.15, -0.1) is 0 Å². The van der Waals surface area contributed by atoms with Gasteiger partial charge in [-0.3, -0.25) is 10.1 Å². The molecular weight excluding hydrogens is 280 g/mol. The van der Waals surface area contributed by atoms with E-state index in [1.165, 1.54) is 24.0 Å². The Morgan fingerprint density at radius 2 is 1.91 bits per heavy atom. The molecule has 1 N–H and O–H groups in total. The molecular formula is C16H14N4O2. The summed E-state index contributed by atoms with van der Waals surface area (Å²) in [4.78, 5) is 18.9. The molecule has 0 saturated carbocycles. The van der Waals surface area contributed by atoms with E-state index in [4.69, 9.17) is 0 Å². The number of fused-ring (bicyclic) bond motifs is 1. The Balaban J connectivity index is 2.09. The van der Waals surface area contributed by atoms with E-state index in [2.05, 4.69) is 21.4 Å². The van der Waals surface area contributed by atoms with E-state index in [0.717, 1.165) is 11.3 Å². The molecule has 110 valence electrons. The number of nitro benzene ring substituents is 1. The summed E-state index contributed by atoms with van der Waals surface area (Å²) in [5.41, 5.74) is 3.85. The number of rotatable bonds is 3. The van der Waals surface area contributed by atoms with Crippen molar-refractivity contribution in [1.82, 2.24) is 9.97 Å². The van der Waals surface area contributed by atoms with Gasteiger partial charge in [0.1, 0.15) is 12.1 Å². The lowest BCUT2D eigenvalue weighted by Crippen LogP contribution is -1.98. The van der Waals surface area contributed by atoms with Crippen molar-refractivity contribution < 1.29 is 4.92 Å². The van der Waals surface area contributed by atoms with Crippen LogP contribution in [0.3, 0.4) is 0 Å². The van der Waals surface area contributed by atoms with E-state index >= 15 is 0 Å². The molecule has 0 bridgehead atoms. The maximum atomic E-state index is 11.0. The van der Waals surface area contributed by atoms with Gasteiger partial charge in [0, 0.05) is 23.2 Å². The zero-order valence-electron chi connectivity index (χ0n) is 12.2. The van der Waals surface area contributed by atoms with Gasteiger partial charge in [-0.25, -0.2) is 9.97 Å². The molecule has 0 spiro atoms. The van der Waals surface area contributed by atoms with E-state index in [1.807, 2.05) is 26.0 Å². The van der Waals surface area contributed by atoms with Crippen LogP contribution in [0.25, 0.3) is 10.9 Å². The van der Waals surface area contributed by atoms with E-state index in [0.29, 0.717) is 16.7 Å². The fourth-order valence-electron chi connectivity index (χ4n) is 2.34. The first-order valence-corrected chi connectivity index (χ1v) is 6.78. The molecule has 3 aromatic rings. The highest BCUT2D eigenvalue weighted by Crippen LogP contribution is 2.28. The zero-order valence-corrected chi connectivity index (χ0v) is 12.2. The standard InChI is InChI=1S/C16H14N4O2/c1-10-3-5-14(11(2)7-10)19-16-13-8-12(20(21)22)4-6-15(13)17-9-18-16/h3-9H,1-2H3,(H,17,18,19). The first-order valence-electron chi connectivity index (χ1n) is 6.78. The van der Waals surface area contributed by atoms with Gasteiger partial charge in [0.2, 0.25) is 0 Å². The maximum Gasteiger partial charge on any atom is 0.270 e. The van der Waals surface area contributed by atoms with Crippen molar-refractivity contribution >= 4 is 28.1 Å². The molecule has 0 saturated heterocycles. The van der Waals surface area contributed by atoms with Crippen LogP contribution in [-0.4, -0.2) is 14.9 Å². The number of hydrogen-bond donors (Lipinski definition) is 1. The topological polar surface area (TPSA) is 81.0 Å². The molecule has 0 aliphatic rings. The van der Waals surface area contributed by atoms with E-state index in [9.17, 15) is 10.1 Å². The van der Waals surface area contributed by atoms with Crippen LogP contribution in [0.1, 0.15) is 11.1 Å². The fraction of sp³-hybridized carbons (Fsp3) is 0.125. The van der Waals surface area contributed by atoms with Gasteiger partial charge in [-0.2, -0.15) is 0 Å². The van der Waals surface area contributed by atoms with E-state index in [1.54, 1.807) is 6.07 Å². The maximum absolute atomic E-state index is 11.0. The Bertz CT molecular complexity index is 877. The third-order valence-electron chi connectivity index (χ3n) is 3.46. The Morgan fingerprint density at radius 3 is 2.64 bits per heavy atom. The molecule has 22 heavy (non-hydrogen) atoms. The van der Waals surface area contributed by atoms with Crippen molar-refractivity contribution in [3.63, 3.8) is 0 Å². The number of anilines is 2. The monoisotopic (exact) mass is 294 g/mol. The van der Waals surface area contributed by atoms with Crippen LogP contribution in [0.15, 0.2) is 42.7 Å². The molecule has 1 aromatic heterocycles. The second-order valence-electron chi connectivity index (χ2n) is 5.12. The Morgan fingerprint density at radius 1 is 1.09 bits per heavy atom. The number of nitrogens with zero attached hydrogens (tertiary/aromatic N) is 3. The summed E-state index contributed by atoms with van der Waals surface area (Å²) in [6.07, 6.45) is 1.44. The Hall–Kier alpha value is -3.02. The molecule has 0 unspecified atom stereocenters. The largest absolute Gasteiger partial charge is 0.339 e. The Labute approximate surface area is 127 Å². The van der Waals surface area contributed by atoms with Crippen molar-refractivity contribution in [3.8, 4) is 0 Å². The molecule has 0 aliphatic carbocycles. The van der Waals surface area contributed by atoms with Gasteiger partial charge in [0.05, 0.1) is 10.4 Å². The highest BCUT2D eigenvalue weighted by Gasteiger charge is 2.11. The number of aryl methyl sites for hydroxylation is 2. The van der Waals surface area contributed by atoms with Crippen LogP contribution in [0.2, 0.25) is 0 Å². The second kappa shape index (κ2) is 5.40. The molecule has 0 atom stereocenters. The lowest BCUT2D eigenvalue weighted by atomic mass is 10.1. The summed E-state index contributed by atoms with van der Waals surface area (Å²) in [6.45, 7) is 4.03. The molecule has 6 nitrogen and oxygen atoms in total.